The molecule has 2 aliphatic rings. The van der Waals surface area contributed by atoms with Gasteiger partial charge in [0.2, 0.25) is 5.91 Å². The molecule has 2 N–H and O–H groups in total. The summed E-state index contributed by atoms with van der Waals surface area (Å²) in [6, 6.07) is 14.8. The van der Waals surface area contributed by atoms with Gasteiger partial charge < -0.3 is 9.64 Å². The zero-order chi connectivity index (χ0) is 29.1. The van der Waals surface area contributed by atoms with E-state index in [-0.39, 0.29) is 17.7 Å². The van der Waals surface area contributed by atoms with E-state index in [1.54, 1.807) is 7.11 Å². The largest absolute Gasteiger partial charge is 0.496 e. The van der Waals surface area contributed by atoms with Crippen molar-refractivity contribution in [2.75, 3.05) is 18.6 Å². The molecule has 2 aromatic carbocycles. The summed E-state index contributed by atoms with van der Waals surface area (Å²) in [5, 5.41) is 10.9. The van der Waals surface area contributed by atoms with Crippen LogP contribution in [0.15, 0.2) is 64.2 Å². The molecule has 2 saturated carbocycles. The molecule has 6 rings (SSSR count). The Morgan fingerprint density at radius 3 is 2.45 bits per heavy atom. The molecule has 0 unspecified atom stereocenters. The third kappa shape index (κ3) is 6.05. The van der Waals surface area contributed by atoms with Crippen molar-refractivity contribution in [2.45, 2.75) is 70.1 Å². The monoisotopic (exact) mass is 569 g/mol. The Morgan fingerprint density at radius 1 is 1.00 bits per heavy atom. The van der Waals surface area contributed by atoms with Gasteiger partial charge >= 0.3 is 5.76 Å². The predicted molar refractivity (Wildman–Crippen MR) is 161 cm³/mol. The molecule has 0 atom stereocenters. The van der Waals surface area contributed by atoms with Gasteiger partial charge in [0.25, 0.3) is 0 Å². The number of carbonyl (C=O) groups excluding carboxylic acids is 1. The summed E-state index contributed by atoms with van der Waals surface area (Å²) in [5.74, 6) is 2.24. The summed E-state index contributed by atoms with van der Waals surface area (Å²) in [6.45, 7) is 2.83. The van der Waals surface area contributed by atoms with Crippen molar-refractivity contribution >= 4 is 11.6 Å². The van der Waals surface area contributed by atoms with Gasteiger partial charge in [-0.1, -0.05) is 29.4 Å². The summed E-state index contributed by atoms with van der Waals surface area (Å²) in [4.78, 5) is 30.4. The second kappa shape index (κ2) is 12.4. The van der Waals surface area contributed by atoms with Gasteiger partial charge in [-0.2, -0.15) is 5.10 Å². The summed E-state index contributed by atoms with van der Waals surface area (Å²) in [7, 11) is 1.72. The fourth-order valence-electron chi connectivity index (χ4n) is 6.93. The Kier molecular flexibility index (Phi) is 8.26. The van der Waals surface area contributed by atoms with Crippen LogP contribution in [-0.2, 0) is 4.79 Å². The Morgan fingerprint density at radius 2 is 1.79 bits per heavy atom. The Balaban J connectivity index is 1.17. The standard InChI is InChI=1S/C33H39N5O4/c1-21-16-27(14-15-30(21)41-2)23-8-6-22(7-9-23)20-38(29-5-3-4-26(17-29)28-18-34-35-19-28)32(39)25-12-10-24(11-13-25)31-36-33(40)42-37-31/h3-5,14-19,22-25H,6-13,20H2,1-2H3,(H,34,35)(H,36,37,40). The molecule has 220 valence electrons. The molecule has 2 fully saturated rings. The van der Waals surface area contributed by atoms with Crippen LogP contribution < -0.4 is 15.4 Å². The van der Waals surface area contributed by atoms with Crippen molar-refractivity contribution in [3.05, 3.63) is 82.4 Å². The average molecular weight is 570 g/mol. The number of anilines is 1. The van der Waals surface area contributed by atoms with Crippen LogP contribution >= 0.6 is 0 Å². The number of ether oxygens (including phenoxy) is 1. The number of hydrogen-bond donors (Lipinski definition) is 2. The average Bonchev–Trinajstić information content (AvgIpc) is 3.73. The highest BCUT2D eigenvalue weighted by atomic mass is 16.5. The topological polar surface area (TPSA) is 117 Å². The minimum absolute atomic E-state index is 0.0592. The molecule has 2 heterocycles. The van der Waals surface area contributed by atoms with Crippen molar-refractivity contribution in [3.8, 4) is 16.9 Å². The number of carbonyl (C=O) groups is 1. The molecule has 4 aromatic rings. The third-order valence-electron chi connectivity index (χ3n) is 9.35. The molecule has 0 spiro atoms. The second-order valence-corrected chi connectivity index (χ2v) is 12.0. The number of hydrogen-bond acceptors (Lipinski definition) is 6. The van der Waals surface area contributed by atoms with Crippen LogP contribution in [0.1, 0.15) is 80.2 Å². The Hall–Kier alpha value is -4.14. The van der Waals surface area contributed by atoms with Gasteiger partial charge in [-0.15, -0.1) is 0 Å². The first-order chi connectivity index (χ1) is 20.5. The number of methoxy groups -OCH3 is 1. The zero-order valence-electron chi connectivity index (χ0n) is 24.3. The highest BCUT2D eigenvalue weighted by molar-refractivity contribution is 5.95. The first kappa shape index (κ1) is 28.0. The first-order valence-electron chi connectivity index (χ1n) is 15.1. The van der Waals surface area contributed by atoms with Crippen molar-refractivity contribution < 1.29 is 14.1 Å². The van der Waals surface area contributed by atoms with Crippen LogP contribution in [-0.4, -0.2) is 39.9 Å². The number of H-pyrrole nitrogens is 2. The fraction of sp³-hybridized carbons (Fsp3) is 0.455. The van der Waals surface area contributed by atoms with Crippen LogP contribution in [0.5, 0.6) is 5.75 Å². The van der Waals surface area contributed by atoms with E-state index in [9.17, 15) is 9.59 Å². The lowest BCUT2D eigenvalue weighted by Crippen LogP contribution is -2.41. The molecule has 9 nitrogen and oxygen atoms in total. The van der Waals surface area contributed by atoms with Crippen LogP contribution in [0.4, 0.5) is 5.69 Å². The lowest BCUT2D eigenvalue weighted by atomic mass is 9.77. The molecular formula is C33H39N5O4. The number of nitrogens with one attached hydrogen (secondary N) is 2. The molecule has 0 aliphatic heterocycles. The van der Waals surface area contributed by atoms with Crippen molar-refractivity contribution in [3.63, 3.8) is 0 Å². The van der Waals surface area contributed by atoms with E-state index < -0.39 is 5.76 Å². The first-order valence-corrected chi connectivity index (χ1v) is 15.1. The van der Waals surface area contributed by atoms with E-state index in [1.807, 2.05) is 18.5 Å². The molecule has 9 heteroatoms. The lowest BCUT2D eigenvalue weighted by Gasteiger charge is -2.36. The molecule has 0 radical (unpaired) electrons. The number of benzene rings is 2. The van der Waals surface area contributed by atoms with Gasteiger partial charge in [0.15, 0.2) is 5.82 Å². The molecule has 0 saturated heterocycles. The van der Waals surface area contributed by atoms with Crippen LogP contribution in [0, 0.1) is 18.8 Å². The quantitative estimate of drug-likeness (QED) is 0.255. The van der Waals surface area contributed by atoms with Gasteiger partial charge in [-0.25, -0.2) is 4.79 Å². The molecule has 0 bridgehead atoms. The summed E-state index contributed by atoms with van der Waals surface area (Å²) < 4.78 is 10.2. The fourth-order valence-corrected chi connectivity index (χ4v) is 6.93. The maximum atomic E-state index is 14.2. The van der Waals surface area contributed by atoms with Crippen molar-refractivity contribution in [1.29, 1.82) is 0 Å². The molecule has 2 aliphatic carbocycles. The van der Waals surface area contributed by atoms with Gasteiger partial charge in [0.1, 0.15) is 5.75 Å². The van der Waals surface area contributed by atoms with E-state index in [0.29, 0.717) is 17.7 Å². The van der Waals surface area contributed by atoms with Gasteiger partial charge in [-0.3, -0.25) is 19.4 Å². The van der Waals surface area contributed by atoms with E-state index in [2.05, 4.69) is 68.6 Å². The van der Waals surface area contributed by atoms with E-state index in [0.717, 1.165) is 80.5 Å². The minimum Gasteiger partial charge on any atom is -0.496 e. The number of aryl methyl sites for hydroxylation is 1. The molecule has 2 aromatic heterocycles. The number of rotatable bonds is 8. The predicted octanol–water partition coefficient (Wildman–Crippen LogP) is 6.35. The van der Waals surface area contributed by atoms with Gasteiger partial charge in [-0.05, 0) is 105 Å². The van der Waals surface area contributed by atoms with Crippen LogP contribution in [0.2, 0.25) is 0 Å². The highest BCUT2D eigenvalue weighted by Crippen LogP contribution is 2.40. The summed E-state index contributed by atoms with van der Waals surface area (Å²) >= 11 is 0. The second-order valence-electron chi connectivity index (χ2n) is 12.0. The summed E-state index contributed by atoms with van der Waals surface area (Å²) in [6.07, 6.45) is 11.2. The number of aromatic amines is 2. The smallest absolute Gasteiger partial charge is 0.438 e. The third-order valence-corrected chi connectivity index (χ3v) is 9.35. The van der Waals surface area contributed by atoms with E-state index >= 15 is 0 Å². The number of aromatic nitrogens is 4. The van der Waals surface area contributed by atoms with E-state index in [4.69, 9.17) is 9.26 Å². The SMILES string of the molecule is COc1ccc(C2CCC(CN(C(=O)C3CCC(c4noc(=O)[nH]4)CC3)c3cccc(-c4cn[nH]c4)c3)CC2)cc1C. The maximum Gasteiger partial charge on any atom is 0.438 e. The molecular weight excluding hydrogens is 530 g/mol. The van der Waals surface area contributed by atoms with E-state index in [1.165, 1.54) is 11.1 Å². The van der Waals surface area contributed by atoms with Gasteiger partial charge in [0.05, 0.1) is 13.3 Å². The zero-order valence-corrected chi connectivity index (χ0v) is 24.3. The normalized spacial score (nSPS) is 22.5. The van der Waals surface area contributed by atoms with Crippen LogP contribution in [0.25, 0.3) is 11.1 Å². The molecule has 42 heavy (non-hydrogen) atoms. The minimum atomic E-state index is -0.524. The number of amides is 1. The number of nitrogens with zero attached hydrogens (tertiary/aromatic N) is 3. The van der Waals surface area contributed by atoms with Gasteiger partial charge in [0, 0.05) is 35.8 Å². The molecule has 1 amide bonds. The summed E-state index contributed by atoms with van der Waals surface area (Å²) in [5.41, 5.74) is 5.54. The Bertz CT molecular complexity index is 1540. The highest BCUT2D eigenvalue weighted by Gasteiger charge is 2.34. The Labute approximate surface area is 245 Å². The maximum absolute atomic E-state index is 14.2. The van der Waals surface area contributed by atoms with Crippen molar-refractivity contribution in [1.82, 2.24) is 20.3 Å². The lowest BCUT2D eigenvalue weighted by molar-refractivity contribution is -0.123. The van der Waals surface area contributed by atoms with Crippen LogP contribution in [0.3, 0.4) is 0 Å². The van der Waals surface area contributed by atoms with Crippen molar-refractivity contribution in [2.24, 2.45) is 11.8 Å².